The van der Waals surface area contributed by atoms with Crippen molar-refractivity contribution in [3.8, 4) is 0 Å². The highest BCUT2D eigenvalue weighted by atomic mass is 32.2. The molecule has 0 radical (unpaired) electrons. The van der Waals surface area contributed by atoms with Gasteiger partial charge in [-0.1, -0.05) is 6.92 Å². The molecule has 0 aliphatic carbocycles. The molecule has 0 aromatic rings. The van der Waals surface area contributed by atoms with Gasteiger partial charge in [0, 0.05) is 16.3 Å². The van der Waals surface area contributed by atoms with Gasteiger partial charge in [-0.15, -0.1) is 4.36 Å². The molecule has 1 amide bonds. The number of carbonyl (C=O) groups is 1. The lowest BCUT2D eigenvalue weighted by Crippen LogP contribution is -1.98. The average molecular weight is 165 g/mol. The Bertz CT molecular complexity index is 183. The normalized spacial score (nSPS) is 13.0. The zero-order valence-electron chi connectivity index (χ0n) is 6.03. The number of ether oxygens (including phenoxy) is 1. The van der Waals surface area contributed by atoms with E-state index in [0.29, 0.717) is 5.75 Å². The van der Waals surface area contributed by atoms with Gasteiger partial charge in [-0.3, -0.25) is 4.21 Å². The van der Waals surface area contributed by atoms with Gasteiger partial charge in [-0.05, 0) is 6.92 Å². The quantitative estimate of drug-likeness (QED) is 0.616. The SMILES string of the molecule is CCOC(=O)/N=[SH](=O)\CC. The van der Waals surface area contributed by atoms with Crippen LogP contribution in [-0.2, 0) is 15.3 Å². The Balaban J connectivity index is 3.88. The minimum absolute atomic E-state index is 0.273. The van der Waals surface area contributed by atoms with Crippen LogP contribution in [0.3, 0.4) is 0 Å². The molecule has 0 saturated carbocycles. The summed E-state index contributed by atoms with van der Waals surface area (Å²) < 4.78 is 18.2. The van der Waals surface area contributed by atoms with Gasteiger partial charge in [0.15, 0.2) is 0 Å². The zero-order chi connectivity index (χ0) is 7.98. The van der Waals surface area contributed by atoms with E-state index in [-0.39, 0.29) is 6.61 Å². The standard InChI is InChI=1S/C5H11NO3S/c1-3-9-5(7)6-10(8)4-2/h10H,3-4H2,1-2H3. The Hall–Kier alpha value is -0.580. The summed E-state index contributed by atoms with van der Waals surface area (Å²) in [6, 6.07) is 0. The topological polar surface area (TPSA) is 55.7 Å². The van der Waals surface area contributed by atoms with Crippen molar-refractivity contribution in [3.05, 3.63) is 0 Å². The summed E-state index contributed by atoms with van der Waals surface area (Å²) in [5, 5.41) is 0. The first-order chi connectivity index (χ1) is 4.70. The lowest BCUT2D eigenvalue weighted by Gasteiger charge is -1.91. The fraction of sp³-hybridized carbons (Fsp3) is 0.800. The molecule has 5 heteroatoms. The molecule has 0 spiro atoms. The van der Waals surface area contributed by atoms with Crippen LogP contribution in [0.4, 0.5) is 4.79 Å². The number of amides is 1. The molecule has 0 aromatic carbocycles. The Morgan fingerprint density at radius 3 is 2.60 bits per heavy atom. The first-order valence-corrected chi connectivity index (χ1v) is 4.43. The Labute approximate surface area is 61.8 Å². The van der Waals surface area contributed by atoms with Gasteiger partial charge in [-0.25, -0.2) is 4.79 Å². The van der Waals surface area contributed by atoms with Crippen molar-refractivity contribution in [3.63, 3.8) is 0 Å². The maximum Gasteiger partial charge on any atom is 0.441 e. The maximum absolute atomic E-state index is 10.6. The van der Waals surface area contributed by atoms with E-state index in [2.05, 4.69) is 9.10 Å². The molecule has 1 unspecified atom stereocenters. The molecule has 0 fully saturated rings. The van der Waals surface area contributed by atoms with Crippen molar-refractivity contribution in [2.24, 2.45) is 4.36 Å². The fourth-order valence-corrected chi connectivity index (χ4v) is 0.695. The molecule has 0 rings (SSSR count). The van der Waals surface area contributed by atoms with Crippen molar-refractivity contribution in [1.82, 2.24) is 0 Å². The summed E-state index contributed by atoms with van der Waals surface area (Å²) >= 11 is 0. The van der Waals surface area contributed by atoms with Crippen molar-refractivity contribution >= 4 is 16.7 Å². The van der Waals surface area contributed by atoms with E-state index in [1.54, 1.807) is 13.8 Å². The van der Waals surface area contributed by atoms with Gasteiger partial charge in [-0.2, -0.15) is 0 Å². The van der Waals surface area contributed by atoms with Gasteiger partial charge in [0.1, 0.15) is 0 Å². The molecule has 0 N–H and O–H groups in total. The second kappa shape index (κ2) is 5.22. The van der Waals surface area contributed by atoms with E-state index in [9.17, 15) is 9.00 Å². The number of hydrogen-bond acceptors (Lipinski definition) is 3. The van der Waals surface area contributed by atoms with E-state index in [0.717, 1.165) is 0 Å². The van der Waals surface area contributed by atoms with Gasteiger partial charge in [0.2, 0.25) is 0 Å². The molecule has 0 aliphatic heterocycles. The molecule has 0 bridgehead atoms. The largest absolute Gasteiger partial charge is 0.448 e. The summed E-state index contributed by atoms with van der Waals surface area (Å²) in [4.78, 5) is 10.4. The predicted molar refractivity (Wildman–Crippen MR) is 39.5 cm³/mol. The van der Waals surface area contributed by atoms with Crippen molar-refractivity contribution < 1.29 is 13.7 Å². The van der Waals surface area contributed by atoms with E-state index in [1.165, 1.54) is 0 Å². The summed E-state index contributed by atoms with van der Waals surface area (Å²) in [7, 11) is -1.73. The van der Waals surface area contributed by atoms with Crippen LogP contribution in [0.2, 0.25) is 0 Å². The van der Waals surface area contributed by atoms with E-state index in [4.69, 9.17) is 0 Å². The molecule has 0 aromatic heterocycles. The number of carbonyl (C=O) groups excluding carboxylic acids is 1. The third-order valence-electron chi connectivity index (χ3n) is 0.732. The lowest BCUT2D eigenvalue weighted by atomic mass is 10.9. The summed E-state index contributed by atoms with van der Waals surface area (Å²) in [6.07, 6.45) is -0.731. The Morgan fingerprint density at radius 1 is 1.60 bits per heavy atom. The molecule has 0 aliphatic rings. The molecule has 0 saturated heterocycles. The van der Waals surface area contributed by atoms with E-state index < -0.39 is 16.7 Å². The summed E-state index contributed by atoms with van der Waals surface area (Å²) in [5.74, 6) is 0.383. The van der Waals surface area contributed by atoms with Gasteiger partial charge in [0.05, 0.1) is 6.61 Å². The zero-order valence-corrected chi connectivity index (χ0v) is 6.93. The van der Waals surface area contributed by atoms with Crippen LogP contribution in [0.1, 0.15) is 13.8 Å². The second-order valence-electron chi connectivity index (χ2n) is 1.47. The summed E-state index contributed by atoms with van der Waals surface area (Å²) in [5.41, 5.74) is 0. The maximum atomic E-state index is 10.6. The number of nitrogens with zero attached hydrogens (tertiary/aromatic N) is 1. The molecule has 10 heavy (non-hydrogen) atoms. The average Bonchev–Trinajstić information content (AvgIpc) is 1.88. The molecule has 4 nitrogen and oxygen atoms in total. The molecular formula is C5H11NO3S. The van der Waals surface area contributed by atoms with E-state index in [1.807, 2.05) is 0 Å². The Morgan fingerprint density at radius 2 is 2.20 bits per heavy atom. The fourth-order valence-electron chi connectivity index (χ4n) is 0.314. The summed E-state index contributed by atoms with van der Waals surface area (Å²) in [6.45, 7) is 3.64. The minimum atomic E-state index is -1.73. The number of hydrogen-bond donors (Lipinski definition) is 1. The van der Waals surface area contributed by atoms with Crippen LogP contribution < -0.4 is 0 Å². The minimum Gasteiger partial charge on any atom is -0.448 e. The van der Waals surface area contributed by atoms with Gasteiger partial charge in [0.25, 0.3) is 0 Å². The van der Waals surface area contributed by atoms with Crippen LogP contribution in [0.25, 0.3) is 0 Å². The van der Waals surface area contributed by atoms with Crippen LogP contribution in [0, 0.1) is 0 Å². The van der Waals surface area contributed by atoms with Crippen LogP contribution >= 0.6 is 0 Å². The lowest BCUT2D eigenvalue weighted by molar-refractivity contribution is 0.164. The molecule has 60 valence electrons. The first kappa shape index (κ1) is 9.42. The molecule has 0 heterocycles. The Kier molecular flexibility index (Phi) is 4.92. The third-order valence-corrected chi connectivity index (χ3v) is 1.66. The first-order valence-electron chi connectivity index (χ1n) is 3.03. The second-order valence-corrected chi connectivity index (χ2v) is 3.00. The van der Waals surface area contributed by atoms with Crippen LogP contribution in [0.15, 0.2) is 4.36 Å². The number of thiol groups is 1. The third kappa shape index (κ3) is 4.31. The van der Waals surface area contributed by atoms with Gasteiger partial charge >= 0.3 is 6.09 Å². The highest BCUT2D eigenvalue weighted by molar-refractivity contribution is 7.75. The molecule has 1 atom stereocenters. The van der Waals surface area contributed by atoms with E-state index >= 15 is 0 Å². The van der Waals surface area contributed by atoms with Crippen molar-refractivity contribution in [2.75, 3.05) is 12.4 Å². The van der Waals surface area contributed by atoms with Crippen molar-refractivity contribution in [2.45, 2.75) is 13.8 Å². The van der Waals surface area contributed by atoms with Crippen molar-refractivity contribution in [1.29, 1.82) is 0 Å². The predicted octanol–water partition coefficient (Wildman–Crippen LogP) is 0.827. The molecular weight excluding hydrogens is 154 g/mol. The smallest absolute Gasteiger partial charge is 0.441 e. The highest BCUT2D eigenvalue weighted by Gasteiger charge is 1.94. The highest BCUT2D eigenvalue weighted by Crippen LogP contribution is 1.84. The van der Waals surface area contributed by atoms with Crippen LogP contribution in [-0.4, -0.2) is 22.7 Å². The van der Waals surface area contributed by atoms with Crippen LogP contribution in [0.5, 0.6) is 0 Å². The monoisotopic (exact) mass is 165 g/mol. The van der Waals surface area contributed by atoms with Gasteiger partial charge < -0.3 is 4.74 Å². The number of rotatable bonds is 2.